The number of rotatable bonds is 4. The quantitative estimate of drug-likeness (QED) is 0.525. The zero-order chi connectivity index (χ0) is 8.81. The van der Waals surface area contributed by atoms with Crippen molar-refractivity contribution < 1.29 is 0 Å². The van der Waals surface area contributed by atoms with Crippen molar-refractivity contribution in [3.05, 3.63) is 34.2 Å². The molecule has 4 N–H and O–H groups in total. The van der Waals surface area contributed by atoms with E-state index in [1.54, 1.807) is 12.3 Å². The second-order valence-electron chi connectivity index (χ2n) is 2.53. The highest BCUT2D eigenvalue weighted by molar-refractivity contribution is 5.07. The molecular formula is C8H13N3O. The minimum Gasteiger partial charge on any atom is -0.329 e. The van der Waals surface area contributed by atoms with E-state index < -0.39 is 0 Å². The second kappa shape index (κ2) is 4.69. The van der Waals surface area contributed by atoms with Crippen LogP contribution in [0, 0.1) is 0 Å². The lowest BCUT2D eigenvalue weighted by molar-refractivity contribution is 0.693. The van der Waals surface area contributed by atoms with Crippen LogP contribution in [0.5, 0.6) is 0 Å². The maximum absolute atomic E-state index is 10.7. The van der Waals surface area contributed by atoms with Crippen molar-refractivity contribution in [3.8, 4) is 0 Å². The lowest BCUT2D eigenvalue weighted by Crippen LogP contribution is -2.22. The van der Waals surface area contributed by atoms with Crippen molar-refractivity contribution in [1.82, 2.24) is 10.3 Å². The Bertz CT molecular complexity index is 261. The van der Waals surface area contributed by atoms with Gasteiger partial charge in [-0.2, -0.15) is 0 Å². The topological polar surface area (TPSA) is 70.9 Å². The van der Waals surface area contributed by atoms with Gasteiger partial charge in [-0.25, -0.2) is 0 Å². The van der Waals surface area contributed by atoms with Crippen LogP contribution in [0.15, 0.2) is 23.1 Å². The maximum atomic E-state index is 10.7. The van der Waals surface area contributed by atoms with Crippen LogP contribution in [0.25, 0.3) is 0 Å². The van der Waals surface area contributed by atoms with Gasteiger partial charge in [0.25, 0.3) is 0 Å². The van der Waals surface area contributed by atoms with Crippen LogP contribution in [0.4, 0.5) is 0 Å². The van der Waals surface area contributed by atoms with Gasteiger partial charge in [0.05, 0.1) is 0 Å². The highest BCUT2D eigenvalue weighted by Gasteiger charge is 1.90. The Kier molecular flexibility index (Phi) is 3.50. The third-order valence-corrected chi connectivity index (χ3v) is 1.50. The normalized spacial score (nSPS) is 10.1. The molecule has 0 spiro atoms. The van der Waals surface area contributed by atoms with Gasteiger partial charge in [-0.05, 0) is 5.56 Å². The van der Waals surface area contributed by atoms with Gasteiger partial charge >= 0.3 is 0 Å². The first-order chi connectivity index (χ1) is 5.83. The summed E-state index contributed by atoms with van der Waals surface area (Å²) in [6.07, 6.45) is 1.70. The fraction of sp³-hybridized carbons (Fsp3) is 0.375. The van der Waals surface area contributed by atoms with Crippen LogP contribution >= 0.6 is 0 Å². The number of nitrogens with two attached hydrogens (primary N) is 1. The fourth-order valence-corrected chi connectivity index (χ4v) is 0.888. The van der Waals surface area contributed by atoms with E-state index in [-0.39, 0.29) is 5.56 Å². The third-order valence-electron chi connectivity index (χ3n) is 1.50. The average molecular weight is 167 g/mol. The molecule has 0 aromatic carbocycles. The lowest BCUT2D eigenvalue weighted by atomic mass is 10.3. The summed E-state index contributed by atoms with van der Waals surface area (Å²) in [5.74, 6) is 0. The SMILES string of the molecule is NCCNCc1ccc(=O)[nH]c1. The molecule has 0 saturated heterocycles. The Morgan fingerprint density at radius 2 is 2.33 bits per heavy atom. The molecule has 1 rings (SSSR count). The summed E-state index contributed by atoms with van der Waals surface area (Å²) in [5, 5.41) is 3.12. The molecule has 0 amide bonds. The van der Waals surface area contributed by atoms with E-state index >= 15 is 0 Å². The van der Waals surface area contributed by atoms with Gasteiger partial charge in [0.2, 0.25) is 5.56 Å². The van der Waals surface area contributed by atoms with Crippen LogP contribution in [-0.4, -0.2) is 18.1 Å². The van der Waals surface area contributed by atoms with E-state index in [0.717, 1.165) is 18.7 Å². The zero-order valence-corrected chi connectivity index (χ0v) is 6.84. The number of hydrogen-bond acceptors (Lipinski definition) is 3. The van der Waals surface area contributed by atoms with Crippen molar-refractivity contribution in [2.24, 2.45) is 5.73 Å². The van der Waals surface area contributed by atoms with E-state index in [1.807, 2.05) is 0 Å². The van der Waals surface area contributed by atoms with Gasteiger partial charge in [-0.3, -0.25) is 4.79 Å². The van der Waals surface area contributed by atoms with E-state index in [4.69, 9.17) is 5.73 Å². The number of pyridine rings is 1. The van der Waals surface area contributed by atoms with Gasteiger partial charge in [0, 0.05) is 31.9 Å². The van der Waals surface area contributed by atoms with Gasteiger partial charge in [-0.15, -0.1) is 0 Å². The number of aromatic amines is 1. The van der Waals surface area contributed by atoms with Crippen molar-refractivity contribution in [3.63, 3.8) is 0 Å². The van der Waals surface area contributed by atoms with Gasteiger partial charge in [-0.1, -0.05) is 6.07 Å². The average Bonchev–Trinajstić information content (AvgIpc) is 2.09. The largest absolute Gasteiger partial charge is 0.329 e. The molecule has 1 heterocycles. The monoisotopic (exact) mass is 167 g/mol. The predicted octanol–water partition coefficient (Wildman–Crippen LogP) is -0.577. The summed E-state index contributed by atoms with van der Waals surface area (Å²) in [6, 6.07) is 3.31. The molecule has 0 radical (unpaired) electrons. The summed E-state index contributed by atoms with van der Waals surface area (Å²) in [6.45, 7) is 2.16. The summed E-state index contributed by atoms with van der Waals surface area (Å²) in [7, 11) is 0. The maximum Gasteiger partial charge on any atom is 0.247 e. The standard InChI is InChI=1S/C8H13N3O/c9-3-4-10-5-7-1-2-8(12)11-6-7/h1-2,6,10H,3-5,9H2,(H,11,12). The molecule has 0 aliphatic rings. The van der Waals surface area contributed by atoms with Crippen molar-refractivity contribution in [2.75, 3.05) is 13.1 Å². The second-order valence-corrected chi connectivity index (χ2v) is 2.53. The van der Waals surface area contributed by atoms with Crippen molar-refractivity contribution in [2.45, 2.75) is 6.54 Å². The first kappa shape index (κ1) is 8.96. The molecule has 0 saturated carbocycles. The molecule has 4 nitrogen and oxygen atoms in total. The van der Waals surface area contributed by atoms with Gasteiger partial charge < -0.3 is 16.0 Å². The summed E-state index contributed by atoms with van der Waals surface area (Å²) >= 11 is 0. The Labute approximate surface area is 70.8 Å². The van der Waals surface area contributed by atoms with Crippen LogP contribution in [0.3, 0.4) is 0 Å². The molecule has 12 heavy (non-hydrogen) atoms. The smallest absolute Gasteiger partial charge is 0.247 e. The van der Waals surface area contributed by atoms with Crippen LogP contribution < -0.4 is 16.6 Å². The minimum absolute atomic E-state index is 0.0717. The first-order valence-electron chi connectivity index (χ1n) is 3.91. The third kappa shape index (κ3) is 2.86. The van der Waals surface area contributed by atoms with Crippen LogP contribution in [0.1, 0.15) is 5.56 Å². The molecule has 0 aliphatic carbocycles. The molecular weight excluding hydrogens is 154 g/mol. The van der Waals surface area contributed by atoms with Gasteiger partial charge in [0.15, 0.2) is 0 Å². The lowest BCUT2D eigenvalue weighted by Gasteiger charge is -2.01. The van der Waals surface area contributed by atoms with E-state index in [9.17, 15) is 4.79 Å². The zero-order valence-electron chi connectivity index (χ0n) is 6.84. The fourth-order valence-electron chi connectivity index (χ4n) is 0.888. The number of H-pyrrole nitrogens is 1. The Balaban J connectivity index is 2.42. The molecule has 1 aromatic heterocycles. The van der Waals surface area contributed by atoms with Crippen molar-refractivity contribution >= 4 is 0 Å². The summed E-state index contributed by atoms with van der Waals surface area (Å²) in [5.41, 5.74) is 6.28. The molecule has 0 unspecified atom stereocenters. The number of aromatic nitrogens is 1. The highest BCUT2D eigenvalue weighted by atomic mass is 16.1. The van der Waals surface area contributed by atoms with Crippen LogP contribution in [0.2, 0.25) is 0 Å². The van der Waals surface area contributed by atoms with Gasteiger partial charge in [0.1, 0.15) is 0 Å². The Morgan fingerprint density at radius 3 is 2.92 bits per heavy atom. The van der Waals surface area contributed by atoms with Crippen molar-refractivity contribution in [1.29, 1.82) is 0 Å². The summed E-state index contributed by atoms with van der Waals surface area (Å²) < 4.78 is 0. The van der Waals surface area contributed by atoms with E-state index in [0.29, 0.717) is 6.54 Å². The van der Waals surface area contributed by atoms with Crippen LogP contribution in [-0.2, 0) is 6.54 Å². The molecule has 0 atom stereocenters. The molecule has 0 aliphatic heterocycles. The summed E-state index contributed by atoms with van der Waals surface area (Å²) in [4.78, 5) is 13.3. The molecule has 0 fully saturated rings. The minimum atomic E-state index is -0.0717. The number of hydrogen-bond donors (Lipinski definition) is 3. The number of nitrogens with one attached hydrogen (secondary N) is 2. The van der Waals surface area contributed by atoms with E-state index in [1.165, 1.54) is 6.07 Å². The molecule has 66 valence electrons. The molecule has 1 aromatic rings. The van der Waals surface area contributed by atoms with E-state index in [2.05, 4.69) is 10.3 Å². The highest BCUT2D eigenvalue weighted by Crippen LogP contribution is 1.90. The predicted molar refractivity (Wildman–Crippen MR) is 47.8 cm³/mol. The molecule has 0 bridgehead atoms. The Morgan fingerprint density at radius 1 is 1.50 bits per heavy atom. The first-order valence-corrected chi connectivity index (χ1v) is 3.91. The Hall–Kier alpha value is -1.13. The molecule has 4 heteroatoms.